The van der Waals surface area contributed by atoms with Crippen molar-refractivity contribution in [3.63, 3.8) is 0 Å². The minimum atomic E-state index is -4.85. The maximum absolute atomic E-state index is 13.8. The van der Waals surface area contributed by atoms with Gasteiger partial charge in [0, 0.05) is 17.8 Å². The summed E-state index contributed by atoms with van der Waals surface area (Å²) in [6.07, 6.45) is -6.78. The topological polar surface area (TPSA) is 77.1 Å². The van der Waals surface area contributed by atoms with E-state index in [1.165, 1.54) is 41.3 Å². The summed E-state index contributed by atoms with van der Waals surface area (Å²) in [7, 11) is 0. The van der Waals surface area contributed by atoms with Gasteiger partial charge in [0.25, 0.3) is 5.91 Å². The molecule has 0 aliphatic carbocycles. The summed E-state index contributed by atoms with van der Waals surface area (Å²) in [4.78, 5) is 16.9. The van der Waals surface area contributed by atoms with Crippen LogP contribution in [0.1, 0.15) is 27.3 Å². The molecular formula is C25H15F7N6O. The molecule has 0 spiro atoms. The third-order valence-corrected chi connectivity index (χ3v) is 5.58. The second kappa shape index (κ2) is 9.53. The molecule has 0 saturated carbocycles. The lowest BCUT2D eigenvalue weighted by Crippen LogP contribution is -2.15. The van der Waals surface area contributed by atoms with Crippen LogP contribution >= 0.6 is 0 Å². The molecule has 0 bridgehead atoms. The van der Waals surface area contributed by atoms with E-state index >= 15 is 0 Å². The van der Waals surface area contributed by atoms with Gasteiger partial charge in [0.15, 0.2) is 17.0 Å². The van der Waals surface area contributed by atoms with Crippen LogP contribution in [0.4, 0.5) is 36.4 Å². The van der Waals surface area contributed by atoms with Crippen LogP contribution in [0.5, 0.6) is 0 Å². The Bertz CT molecular complexity index is 1670. The second-order valence-electron chi connectivity index (χ2n) is 8.41. The highest BCUT2D eigenvalue weighted by Crippen LogP contribution is 2.33. The molecule has 1 N–H and O–H groups in total. The van der Waals surface area contributed by atoms with Crippen LogP contribution in [0.25, 0.3) is 16.9 Å². The molecule has 7 nitrogen and oxygen atoms in total. The first kappa shape index (κ1) is 25.9. The van der Waals surface area contributed by atoms with Gasteiger partial charge in [0.05, 0.1) is 29.7 Å². The molecule has 0 unspecified atom stereocenters. The van der Waals surface area contributed by atoms with E-state index in [9.17, 15) is 35.5 Å². The van der Waals surface area contributed by atoms with Crippen molar-refractivity contribution in [3.05, 3.63) is 101 Å². The van der Waals surface area contributed by atoms with Crippen LogP contribution in [0.3, 0.4) is 0 Å². The van der Waals surface area contributed by atoms with E-state index in [1.807, 2.05) is 0 Å². The number of amides is 1. The second-order valence-corrected chi connectivity index (χ2v) is 8.41. The summed E-state index contributed by atoms with van der Waals surface area (Å²) in [5, 5.41) is 10.2. The molecular weight excluding hydrogens is 533 g/mol. The number of hydrogen-bond acceptors (Lipinski definition) is 4. The van der Waals surface area contributed by atoms with Crippen molar-refractivity contribution in [2.75, 3.05) is 5.32 Å². The van der Waals surface area contributed by atoms with E-state index in [2.05, 4.69) is 20.5 Å². The number of halogens is 7. The Labute approximate surface area is 214 Å². The molecule has 5 rings (SSSR count). The lowest BCUT2D eigenvalue weighted by Gasteiger charge is -2.11. The molecule has 0 atom stereocenters. The van der Waals surface area contributed by atoms with Gasteiger partial charge in [0.1, 0.15) is 5.82 Å². The molecule has 3 aromatic heterocycles. The number of fused-ring (bicyclic) bond motifs is 1. The number of hydrogen-bond donors (Lipinski definition) is 1. The molecule has 14 heteroatoms. The fraction of sp³-hybridized carbons (Fsp3) is 0.120. The van der Waals surface area contributed by atoms with Crippen molar-refractivity contribution in [1.29, 1.82) is 0 Å². The molecule has 0 radical (unpaired) electrons. The average Bonchev–Trinajstić information content (AvgIpc) is 3.49. The molecule has 2 aromatic carbocycles. The van der Waals surface area contributed by atoms with Crippen LogP contribution in [0, 0.1) is 5.82 Å². The average molecular weight is 548 g/mol. The van der Waals surface area contributed by atoms with Crippen molar-refractivity contribution in [1.82, 2.24) is 24.4 Å². The standard InChI is InChI=1S/C25H15F7N6O/c26-17-6-4-15(5-7-17)19-9-21(25(30,31)32)38-22(35-19)10-20(36-38)23(39)34-18-11-33-37(13-18)12-14-2-1-3-16(8-14)24(27,28)29/h1-11,13H,12H2,(H,34,39). The highest BCUT2D eigenvalue weighted by molar-refractivity contribution is 6.03. The third-order valence-electron chi connectivity index (χ3n) is 5.58. The lowest BCUT2D eigenvalue weighted by atomic mass is 10.1. The summed E-state index contributed by atoms with van der Waals surface area (Å²) >= 11 is 0. The molecule has 0 fully saturated rings. The Hall–Kier alpha value is -4.75. The number of aromatic nitrogens is 5. The minimum absolute atomic E-state index is 0.0286. The van der Waals surface area contributed by atoms with Crippen molar-refractivity contribution in [2.45, 2.75) is 18.9 Å². The molecule has 200 valence electrons. The number of nitrogens with one attached hydrogen (secondary N) is 1. The SMILES string of the molecule is O=C(Nc1cnn(Cc2cccc(C(F)(F)F)c2)c1)c1cc2nc(-c3ccc(F)cc3)cc(C(F)(F)F)n2n1. The predicted molar refractivity (Wildman–Crippen MR) is 124 cm³/mol. The van der Waals surface area contributed by atoms with E-state index < -0.39 is 35.3 Å². The van der Waals surface area contributed by atoms with Crippen molar-refractivity contribution >= 4 is 17.2 Å². The fourth-order valence-corrected chi connectivity index (χ4v) is 3.80. The number of anilines is 1. The monoisotopic (exact) mass is 548 g/mol. The van der Waals surface area contributed by atoms with Gasteiger partial charge in [-0.05, 0) is 48.0 Å². The Balaban J connectivity index is 1.39. The van der Waals surface area contributed by atoms with E-state index in [0.29, 0.717) is 10.1 Å². The number of nitrogens with zero attached hydrogens (tertiary/aromatic N) is 5. The van der Waals surface area contributed by atoms with Crippen LogP contribution in [-0.2, 0) is 18.9 Å². The van der Waals surface area contributed by atoms with Gasteiger partial charge >= 0.3 is 12.4 Å². The Morgan fingerprint density at radius 3 is 2.36 bits per heavy atom. The highest BCUT2D eigenvalue weighted by Gasteiger charge is 2.36. The molecule has 39 heavy (non-hydrogen) atoms. The quantitative estimate of drug-likeness (QED) is 0.271. The minimum Gasteiger partial charge on any atom is -0.318 e. The highest BCUT2D eigenvalue weighted by atomic mass is 19.4. The molecule has 0 aliphatic heterocycles. The predicted octanol–water partition coefficient (Wildman–Crippen LogP) is 6.07. The van der Waals surface area contributed by atoms with Crippen LogP contribution < -0.4 is 5.32 Å². The first-order chi connectivity index (χ1) is 18.4. The smallest absolute Gasteiger partial charge is 0.318 e. The molecule has 0 aliphatic rings. The summed E-state index contributed by atoms with van der Waals surface area (Å²) in [6, 6.07) is 11.2. The largest absolute Gasteiger partial charge is 0.433 e. The van der Waals surface area contributed by atoms with Gasteiger partial charge in [-0.3, -0.25) is 9.48 Å². The summed E-state index contributed by atoms with van der Waals surface area (Å²) in [6.45, 7) is -0.0286. The molecule has 0 saturated heterocycles. The van der Waals surface area contributed by atoms with E-state index in [-0.39, 0.29) is 34.8 Å². The Morgan fingerprint density at radius 2 is 1.67 bits per heavy atom. The van der Waals surface area contributed by atoms with E-state index in [1.54, 1.807) is 0 Å². The Kier molecular flexibility index (Phi) is 6.32. The summed E-state index contributed by atoms with van der Waals surface area (Å²) in [5.41, 5.74) is -2.08. The number of carbonyl (C=O) groups is 1. The zero-order valence-corrected chi connectivity index (χ0v) is 19.4. The van der Waals surface area contributed by atoms with Gasteiger partial charge in [-0.25, -0.2) is 13.9 Å². The number of carbonyl (C=O) groups excluding carboxylic acids is 1. The first-order valence-corrected chi connectivity index (χ1v) is 11.1. The van der Waals surface area contributed by atoms with Crippen molar-refractivity contribution in [3.8, 4) is 11.3 Å². The lowest BCUT2D eigenvalue weighted by molar-refractivity contribution is -0.142. The zero-order valence-electron chi connectivity index (χ0n) is 19.4. The van der Waals surface area contributed by atoms with Gasteiger partial charge in [0.2, 0.25) is 0 Å². The van der Waals surface area contributed by atoms with E-state index in [4.69, 9.17) is 0 Å². The number of alkyl halides is 6. The van der Waals surface area contributed by atoms with E-state index in [0.717, 1.165) is 36.4 Å². The zero-order chi connectivity index (χ0) is 27.9. The Morgan fingerprint density at radius 1 is 0.923 bits per heavy atom. The normalized spacial score (nSPS) is 12.2. The van der Waals surface area contributed by atoms with Gasteiger partial charge in [-0.15, -0.1) is 0 Å². The van der Waals surface area contributed by atoms with Crippen LogP contribution in [0.2, 0.25) is 0 Å². The summed E-state index contributed by atoms with van der Waals surface area (Å²) in [5.74, 6) is -1.44. The maximum Gasteiger partial charge on any atom is 0.433 e. The first-order valence-electron chi connectivity index (χ1n) is 11.1. The molecule has 5 aromatic rings. The fourth-order valence-electron chi connectivity index (χ4n) is 3.80. The maximum atomic E-state index is 13.8. The number of rotatable bonds is 5. The van der Waals surface area contributed by atoms with Crippen LogP contribution in [-0.4, -0.2) is 30.3 Å². The van der Waals surface area contributed by atoms with Gasteiger partial charge in [-0.2, -0.15) is 36.5 Å². The van der Waals surface area contributed by atoms with Gasteiger partial charge < -0.3 is 5.32 Å². The molecule has 3 heterocycles. The third kappa shape index (κ3) is 5.58. The van der Waals surface area contributed by atoms with Crippen molar-refractivity contribution in [2.24, 2.45) is 0 Å². The van der Waals surface area contributed by atoms with Crippen LogP contribution in [0.15, 0.2) is 73.1 Å². The molecule has 1 amide bonds. The van der Waals surface area contributed by atoms with Gasteiger partial charge in [-0.1, -0.05) is 12.1 Å². The van der Waals surface area contributed by atoms with Crippen molar-refractivity contribution < 1.29 is 35.5 Å². The summed E-state index contributed by atoms with van der Waals surface area (Å²) < 4.78 is 95.2. The number of benzene rings is 2.